The minimum atomic E-state index is 0.525. The van der Waals surface area contributed by atoms with Gasteiger partial charge < -0.3 is 15.2 Å². The molecule has 4 heteroatoms. The van der Waals surface area contributed by atoms with Gasteiger partial charge in [0, 0.05) is 11.5 Å². The lowest BCUT2D eigenvalue weighted by atomic mass is 10.2. The predicted molar refractivity (Wildman–Crippen MR) is 79.2 cm³/mol. The van der Waals surface area contributed by atoms with Gasteiger partial charge in [-0.15, -0.1) is 0 Å². The Bertz CT molecular complexity index is 756. The SMILES string of the molecule is COc1ccc(Oc2cnc3ccccc3c2)c(N)c1. The highest BCUT2D eigenvalue weighted by Gasteiger charge is 2.05. The van der Waals surface area contributed by atoms with Crippen molar-refractivity contribution in [1.29, 1.82) is 0 Å². The highest BCUT2D eigenvalue weighted by Crippen LogP contribution is 2.31. The smallest absolute Gasteiger partial charge is 0.150 e. The van der Waals surface area contributed by atoms with Crippen molar-refractivity contribution in [3.05, 3.63) is 54.7 Å². The van der Waals surface area contributed by atoms with Crippen LogP contribution >= 0.6 is 0 Å². The minimum absolute atomic E-state index is 0.525. The number of rotatable bonds is 3. The Morgan fingerprint density at radius 3 is 2.65 bits per heavy atom. The predicted octanol–water partition coefficient (Wildman–Crippen LogP) is 3.62. The molecule has 0 aliphatic carbocycles. The number of benzene rings is 2. The van der Waals surface area contributed by atoms with Gasteiger partial charge in [0.1, 0.15) is 11.5 Å². The molecule has 2 aromatic carbocycles. The van der Waals surface area contributed by atoms with Gasteiger partial charge in [0.15, 0.2) is 5.75 Å². The average molecular weight is 266 g/mol. The molecule has 0 unspecified atom stereocenters. The number of nitrogen functional groups attached to an aromatic ring is 1. The summed E-state index contributed by atoms with van der Waals surface area (Å²) in [5.41, 5.74) is 7.39. The van der Waals surface area contributed by atoms with Crippen LogP contribution in [0.5, 0.6) is 17.2 Å². The number of ether oxygens (including phenoxy) is 2. The molecule has 0 aliphatic heterocycles. The molecule has 1 aromatic heterocycles. The molecular formula is C16H14N2O2. The lowest BCUT2D eigenvalue weighted by Crippen LogP contribution is -1.94. The first-order valence-corrected chi connectivity index (χ1v) is 6.22. The molecule has 0 saturated heterocycles. The summed E-state index contributed by atoms with van der Waals surface area (Å²) in [5, 5.41) is 1.03. The molecule has 0 fully saturated rings. The zero-order valence-corrected chi connectivity index (χ0v) is 11.0. The van der Waals surface area contributed by atoms with Crippen molar-refractivity contribution in [3.63, 3.8) is 0 Å². The topological polar surface area (TPSA) is 57.4 Å². The van der Waals surface area contributed by atoms with E-state index in [0.717, 1.165) is 10.9 Å². The molecule has 3 rings (SSSR count). The summed E-state index contributed by atoms with van der Waals surface area (Å²) in [6.07, 6.45) is 1.69. The number of nitrogens with two attached hydrogens (primary N) is 1. The quantitative estimate of drug-likeness (QED) is 0.736. The van der Waals surface area contributed by atoms with E-state index in [1.165, 1.54) is 0 Å². The van der Waals surface area contributed by atoms with E-state index in [2.05, 4.69) is 4.98 Å². The molecule has 4 nitrogen and oxygen atoms in total. The second-order valence-electron chi connectivity index (χ2n) is 4.37. The van der Waals surface area contributed by atoms with Crippen LogP contribution in [-0.4, -0.2) is 12.1 Å². The third kappa shape index (κ3) is 2.36. The van der Waals surface area contributed by atoms with Crippen molar-refractivity contribution in [1.82, 2.24) is 4.98 Å². The van der Waals surface area contributed by atoms with Crippen LogP contribution in [0.3, 0.4) is 0 Å². The molecule has 1 heterocycles. The fourth-order valence-electron chi connectivity index (χ4n) is 1.98. The van der Waals surface area contributed by atoms with E-state index in [4.69, 9.17) is 15.2 Å². The molecule has 0 saturated carbocycles. The maximum absolute atomic E-state index is 5.93. The second kappa shape index (κ2) is 5.09. The van der Waals surface area contributed by atoms with Gasteiger partial charge in [-0.3, -0.25) is 4.98 Å². The highest BCUT2D eigenvalue weighted by atomic mass is 16.5. The molecular weight excluding hydrogens is 252 g/mol. The second-order valence-corrected chi connectivity index (χ2v) is 4.37. The maximum atomic E-state index is 5.93. The number of hydrogen-bond donors (Lipinski definition) is 1. The van der Waals surface area contributed by atoms with E-state index in [1.54, 1.807) is 31.5 Å². The fraction of sp³-hybridized carbons (Fsp3) is 0.0625. The van der Waals surface area contributed by atoms with Crippen LogP contribution in [0.1, 0.15) is 0 Å². The summed E-state index contributed by atoms with van der Waals surface area (Å²) >= 11 is 0. The molecule has 0 amide bonds. The molecule has 20 heavy (non-hydrogen) atoms. The molecule has 2 N–H and O–H groups in total. The zero-order chi connectivity index (χ0) is 13.9. The van der Waals surface area contributed by atoms with Crippen molar-refractivity contribution in [2.45, 2.75) is 0 Å². The number of nitrogens with zero attached hydrogens (tertiary/aromatic N) is 1. The van der Waals surface area contributed by atoms with Gasteiger partial charge in [-0.05, 0) is 24.3 Å². The first-order valence-electron chi connectivity index (χ1n) is 6.22. The number of hydrogen-bond acceptors (Lipinski definition) is 4. The van der Waals surface area contributed by atoms with Crippen molar-refractivity contribution in [2.24, 2.45) is 0 Å². The van der Waals surface area contributed by atoms with E-state index >= 15 is 0 Å². The van der Waals surface area contributed by atoms with E-state index in [1.807, 2.05) is 30.3 Å². The number of aromatic nitrogens is 1. The third-order valence-electron chi connectivity index (χ3n) is 3.01. The Morgan fingerprint density at radius 2 is 1.85 bits per heavy atom. The molecule has 100 valence electrons. The first kappa shape index (κ1) is 12.3. The number of fused-ring (bicyclic) bond motifs is 1. The minimum Gasteiger partial charge on any atom is -0.497 e. The van der Waals surface area contributed by atoms with Gasteiger partial charge in [-0.25, -0.2) is 0 Å². The Hall–Kier alpha value is -2.75. The Labute approximate surface area is 116 Å². The molecule has 0 bridgehead atoms. The van der Waals surface area contributed by atoms with Crippen LogP contribution in [0, 0.1) is 0 Å². The lowest BCUT2D eigenvalue weighted by molar-refractivity contribution is 0.413. The van der Waals surface area contributed by atoms with Crippen LogP contribution in [0.4, 0.5) is 5.69 Å². The summed E-state index contributed by atoms with van der Waals surface area (Å²) in [5.74, 6) is 1.94. The monoisotopic (exact) mass is 266 g/mol. The van der Waals surface area contributed by atoms with Crippen molar-refractivity contribution in [3.8, 4) is 17.2 Å². The van der Waals surface area contributed by atoms with Crippen LogP contribution in [0.15, 0.2) is 54.7 Å². The van der Waals surface area contributed by atoms with Crippen molar-refractivity contribution in [2.75, 3.05) is 12.8 Å². The summed E-state index contributed by atoms with van der Waals surface area (Å²) in [6.45, 7) is 0. The standard InChI is InChI=1S/C16H14N2O2/c1-19-12-6-7-16(14(17)9-12)20-13-8-11-4-2-3-5-15(11)18-10-13/h2-10H,17H2,1H3. The van der Waals surface area contributed by atoms with Crippen molar-refractivity contribution < 1.29 is 9.47 Å². The van der Waals surface area contributed by atoms with Gasteiger partial charge in [0.05, 0.1) is 24.5 Å². The summed E-state index contributed by atoms with van der Waals surface area (Å²) in [6, 6.07) is 15.1. The molecule has 3 aromatic rings. The number of pyridine rings is 1. The fourth-order valence-corrected chi connectivity index (χ4v) is 1.98. The van der Waals surface area contributed by atoms with Gasteiger partial charge in [0.25, 0.3) is 0 Å². The van der Waals surface area contributed by atoms with E-state index in [-0.39, 0.29) is 0 Å². The average Bonchev–Trinajstić information content (AvgIpc) is 2.49. The highest BCUT2D eigenvalue weighted by molar-refractivity contribution is 5.79. The normalized spacial score (nSPS) is 10.4. The van der Waals surface area contributed by atoms with Crippen LogP contribution in [-0.2, 0) is 0 Å². The Kier molecular flexibility index (Phi) is 3.13. The summed E-state index contributed by atoms with van der Waals surface area (Å²) < 4.78 is 10.9. The third-order valence-corrected chi connectivity index (χ3v) is 3.01. The number of para-hydroxylation sites is 1. The zero-order valence-electron chi connectivity index (χ0n) is 11.0. The summed E-state index contributed by atoms with van der Waals surface area (Å²) in [4.78, 5) is 4.35. The van der Waals surface area contributed by atoms with Crippen LogP contribution < -0.4 is 15.2 Å². The first-order chi connectivity index (χ1) is 9.76. The largest absolute Gasteiger partial charge is 0.497 e. The van der Waals surface area contributed by atoms with Gasteiger partial charge in [-0.1, -0.05) is 18.2 Å². The van der Waals surface area contributed by atoms with E-state index in [9.17, 15) is 0 Å². The molecule has 0 radical (unpaired) electrons. The van der Waals surface area contributed by atoms with Gasteiger partial charge in [-0.2, -0.15) is 0 Å². The Morgan fingerprint density at radius 1 is 1.00 bits per heavy atom. The van der Waals surface area contributed by atoms with Crippen LogP contribution in [0.2, 0.25) is 0 Å². The molecule has 0 aliphatic rings. The lowest BCUT2D eigenvalue weighted by Gasteiger charge is -2.10. The Balaban J connectivity index is 1.92. The van der Waals surface area contributed by atoms with E-state index in [0.29, 0.717) is 22.9 Å². The number of methoxy groups -OCH3 is 1. The van der Waals surface area contributed by atoms with Crippen molar-refractivity contribution >= 4 is 16.6 Å². The molecule has 0 atom stereocenters. The summed E-state index contributed by atoms with van der Waals surface area (Å²) in [7, 11) is 1.60. The van der Waals surface area contributed by atoms with E-state index < -0.39 is 0 Å². The van der Waals surface area contributed by atoms with Gasteiger partial charge in [0.2, 0.25) is 0 Å². The molecule has 0 spiro atoms. The number of anilines is 1. The van der Waals surface area contributed by atoms with Gasteiger partial charge >= 0.3 is 0 Å². The maximum Gasteiger partial charge on any atom is 0.150 e. The van der Waals surface area contributed by atoms with Crippen LogP contribution in [0.25, 0.3) is 10.9 Å².